The van der Waals surface area contributed by atoms with E-state index in [1.54, 1.807) is 30.3 Å². The van der Waals surface area contributed by atoms with E-state index in [0.29, 0.717) is 36.0 Å². The third-order valence-corrected chi connectivity index (χ3v) is 4.41. The summed E-state index contributed by atoms with van der Waals surface area (Å²) in [4.78, 5) is 24.5. The van der Waals surface area contributed by atoms with Gasteiger partial charge in [-0.15, -0.1) is 0 Å². The van der Waals surface area contributed by atoms with Gasteiger partial charge in [0, 0.05) is 6.54 Å². The normalized spacial score (nSPS) is 12.9. The lowest BCUT2D eigenvalue weighted by Crippen LogP contribution is -2.35. The Morgan fingerprint density at radius 1 is 1.10 bits per heavy atom. The molecule has 1 N–H and O–H groups in total. The van der Waals surface area contributed by atoms with Crippen LogP contribution in [0.15, 0.2) is 42.5 Å². The zero-order valence-electron chi connectivity index (χ0n) is 16.6. The Balaban J connectivity index is 1.46. The fraction of sp³-hybridized carbons (Fsp3) is 0.364. The first-order valence-corrected chi connectivity index (χ1v) is 9.67. The van der Waals surface area contributed by atoms with Gasteiger partial charge in [0.15, 0.2) is 17.6 Å². The van der Waals surface area contributed by atoms with Crippen molar-refractivity contribution in [2.24, 2.45) is 0 Å². The summed E-state index contributed by atoms with van der Waals surface area (Å²) in [5.41, 5.74) is 1.23. The Kier molecular flexibility index (Phi) is 6.94. The first-order chi connectivity index (χ1) is 14.1. The van der Waals surface area contributed by atoms with Crippen LogP contribution in [0.4, 0.5) is 0 Å². The third kappa shape index (κ3) is 5.63. The molecule has 0 saturated heterocycles. The summed E-state index contributed by atoms with van der Waals surface area (Å²) in [5.74, 6) is 1.10. The standard InChI is InChI=1S/C22H25NO6/c1-3-4-11-26-18-8-6-17(7-9-18)22(25)29-15(2)21(24)23-13-16-5-10-19-20(12-16)28-14-27-19/h5-10,12,15H,3-4,11,13-14H2,1-2H3,(H,23,24)/t15-/m1/s1. The number of carbonyl (C=O) groups is 2. The van der Waals surface area contributed by atoms with Crippen LogP contribution in [0.5, 0.6) is 17.2 Å². The van der Waals surface area contributed by atoms with E-state index in [2.05, 4.69) is 12.2 Å². The highest BCUT2D eigenvalue weighted by Gasteiger charge is 2.19. The van der Waals surface area contributed by atoms with Gasteiger partial charge in [-0.3, -0.25) is 4.79 Å². The molecule has 0 saturated carbocycles. The lowest BCUT2D eigenvalue weighted by molar-refractivity contribution is -0.129. The molecule has 0 unspecified atom stereocenters. The molecule has 3 rings (SSSR count). The van der Waals surface area contributed by atoms with Gasteiger partial charge < -0.3 is 24.3 Å². The molecule has 1 aliphatic rings. The smallest absolute Gasteiger partial charge is 0.338 e. The van der Waals surface area contributed by atoms with Crippen LogP contribution in [0.3, 0.4) is 0 Å². The molecule has 154 valence electrons. The zero-order valence-corrected chi connectivity index (χ0v) is 16.6. The number of esters is 1. The summed E-state index contributed by atoms with van der Waals surface area (Å²) in [6, 6.07) is 12.1. The molecule has 7 heteroatoms. The molecule has 7 nitrogen and oxygen atoms in total. The van der Waals surface area contributed by atoms with Crippen LogP contribution in [0, 0.1) is 0 Å². The first kappa shape index (κ1) is 20.5. The van der Waals surface area contributed by atoms with Crippen LogP contribution in [-0.4, -0.2) is 31.4 Å². The van der Waals surface area contributed by atoms with E-state index in [1.807, 2.05) is 12.1 Å². The molecule has 1 aliphatic heterocycles. The van der Waals surface area contributed by atoms with E-state index in [0.717, 1.165) is 18.4 Å². The van der Waals surface area contributed by atoms with E-state index in [4.69, 9.17) is 18.9 Å². The van der Waals surface area contributed by atoms with Gasteiger partial charge in [-0.1, -0.05) is 19.4 Å². The third-order valence-electron chi connectivity index (χ3n) is 4.41. The predicted octanol–water partition coefficient (Wildman–Crippen LogP) is 3.46. The quantitative estimate of drug-likeness (QED) is 0.514. The summed E-state index contributed by atoms with van der Waals surface area (Å²) in [7, 11) is 0. The summed E-state index contributed by atoms with van der Waals surface area (Å²) in [6.45, 7) is 4.76. The average molecular weight is 399 g/mol. The number of hydrogen-bond acceptors (Lipinski definition) is 6. The minimum atomic E-state index is -0.919. The Hall–Kier alpha value is -3.22. The summed E-state index contributed by atoms with van der Waals surface area (Å²) < 4.78 is 21.4. The second-order valence-corrected chi connectivity index (χ2v) is 6.68. The highest BCUT2D eigenvalue weighted by Crippen LogP contribution is 2.32. The molecule has 0 bridgehead atoms. The summed E-state index contributed by atoms with van der Waals surface area (Å²) in [6.07, 6.45) is 1.11. The van der Waals surface area contributed by atoms with Gasteiger partial charge in [-0.2, -0.15) is 0 Å². The molecule has 1 atom stereocenters. The molecular formula is C22H25NO6. The number of hydrogen-bond donors (Lipinski definition) is 1. The second-order valence-electron chi connectivity index (χ2n) is 6.68. The molecule has 1 heterocycles. The fourth-order valence-corrected chi connectivity index (χ4v) is 2.69. The molecule has 0 aromatic heterocycles. The van der Waals surface area contributed by atoms with Gasteiger partial charge in [0.1, 0.15) is 5.75 Å². The van der Waals surface area contributed by atoms with Crippen molar-refractivity contribution < 1.29 is 28.5 Å². The highest BCUT2D eigenvalue weighted by atomic mass is 16.7. The highest BCUT2D eigenvalue weighted by molar-refractivity contribution is 5.92. The van der Waals surface area contributed by atoms with E-state index < -0.39 is 12.1 Å². The number of unbranched alkanes of at least 4 members (excludes halogenated alkanes) is 1. The van der Waals surface area contributed by atoms with Crippen LogP contribution in [0.2, 0.25) is 0 Å². The minimum absolute atomic E-state index is 0.198. The van der Waals surface area contributed by atoms with Crippen LogP contribution in [0.1, 0.15) is 42.6 Å². The molecule has 0 spiro atoms. The number of benzene rings is 2. The number of amides is 1. The van der Waals surface area contributed by atoms with Crippen molar-refractivity contribution in [1.82, 2.24) is 5.32 Å². The predicted molar refractivity (Wildman–Crippen MR) is 106 cm³/mol. The summed E-state index contributed by atoms with van der Waals surface area (Å²) >= 11 is 0. The second kappa shape index (κ2) is 9.82. The molecule has 0 fully saturated rings. The number of rotatable bonds is 9. The largest absolute Gasteiger partial charge is 0.494 e. The SMILES string of the molecule is CCCCOc1ccc(C(=O)O[C@H](C)C(=O)NCc2ccc3c(c2)OCO3)cc1. The van der Waals surface area contributed by atoms with Gasteiger partial charge in [-0.25, -0.2) is 4.79 Å². The molecule has 29 heavy (non-hydrogen) atoms. The average Bonchev–Trinajstić information content (AvgIpc) is 3.20. The Labute approximate surface area is 169 Å². The molecule has 0 radical (unpaired) electrons. The minimum Gasteiger partial charge on any atom is -0.494 e. The molecule has 2 aromatic rings. The van der Waals surface area contributed by atoms with E-state index in [1.165, 1.54) is 6.92 Å². The monoisotopic (exact) mass is 399 g/mol. The van der Waals surface area contributed by atoms with Crippen LogP contribution < -0.4 is 19.5 Å². The van der Waals surface area contributed by atoms with Crippen molar-refractivity contribution in [1.29, 1.82) is 0 Å². The number of ether oxygens (including phenoxy) is 4. The maximum atomic E-state index is 12.3. The van der Waals surface area contributed by atoms with E-state index in [-0.39, 0.29) is 12.7 Å². The van der Waals surface area contributed by atoms with Gasteiger partial charge in [-0.05, 0) is 55.3 Å². The van der Waals surface area contributed by atoms with Crippen molar-refractivity contribution >= 4 is 11.9 Å². The van der Waals surface area contributed by atoms with Crippen molar-refractivity contribution in [2.45, 2.75) is 39.3 Å². The van der Waals surface area contributed by atoms with Crippen LogP contribution >= 0.6 is 0 Å². The molecule has 0 aliphatic carbocycles. The lowest BCUT2D eigenvalue weighted by Gasteiger charge is -2.14. The van der Waals surface area contributed by atoms with Crippen molar-refractivity contribution in [2.75, 3.05) is 13.4 Å². The molecule has 1 amide bonds. The maximum absolute atomic E-state index is 12.3. The maximum Gasteiger partial charge on any atom is 0.338 e. The number of nitrogens with one attached hydrogen (secondary N) is 1. The van der Waals surface area contributed by atoms with E-state index >= 15 is 0 Å². The van der Waals surface area contributed by atoms with Crippen LogP contribution in [-0.2, 0) is 16.1 Å². The Morgan fingerprint density at radius 2 is 1.86 bits per heavy atom. The van der Waals surface area contributed by atoms with Crippen molar-refractivity contribution in [3.05, 3.63) is 53.6 Å². The first-order valence-electron chi connectivity index (χ1n) is 9.67. The van der Waals surface area contributed by atoms with Gasteiger partial charge >= 0.3 is 5.97 Å². The summed E-state index contributed by atoms with van der Waals surface area (Å²) in [5, 5.41) is 2.75. The lowest BCUT2D eigenvalue weighted by atomic mass is 10.2. The van der Waals surface area contributed by atoms with Gasteiger partial charge in [0.25, 0.3) is 5.91 Å². The Bertz CT molecular complexity index is 849. The Morgan fingerprint density at radius 3 is 2.62 bits per heavy atom. The molecular weight excluding hydrogens is 374 g/mol. The number of carbonyl (C=O) groups excluding carboxylic acids is 2. The number of fused-ring (bicyclic) bond motifs is 1. The topological polar surface area (TPSA) is 83.1 Å². The van der Waals surface area contributed by atoms with E-state index in [9.17, 15) is 9.59 Å². The molecule has 2 aromatic carbocycles. The van der Waals surface area contributed by atoms with Crippen molar-refractivity contribution in [3.63, 3.8) is 0 Å². The van der Waals surface area contributed by atoms with Crippen LogP contribution in [0.25, 0.3) is 0 Å². The fourth-order valence-electron chi connectivity index (χ4n) is 2.69. The van der Waals surface area contributed by atoms with Gasteiger partial charge in [0.2, 0.25) is 6.79 Å². The zero-order chi connectivity index (χ0) is 20.6. The van der Waals surface area contributed by atoms with Crippen molar-refractivity contribution in [3.8, 4) is 17.2 Å². The van der Waals surface area contributed by atoms with Gasteiger partial charge in [0.05, 0.1) is 12.2 Å².